The van der Waals surface area contributed by atoms with Crippen LogP contribution in [0.25, 0.3) is 5.65 Å². The highest BCUT2D eigenvalue weighted by atomic mass is 16.4. The van der Waals surface area contributed by atoms with Crippen molar-refractivity contribution < 1.29 is 9.90 Å². The number of rotatable bonds is 3. The van der Waals surface area contributed by atoms with E-state index in [0.29, 0.717) is 5.65 Å². The predicted octanol–water partition coefficient (Wildman–Crippen LogP) is 2.53. The average Bonchev–Trinajstić information content (AvgIpc) is 3.03. The molecule has 3 rings (SSSR count). The van der Waals surface area contributed by atoms with Gasteiger partial charge in [-0.25, -0.2) is 14.3 Å². The molecule has 0 unspecified atom stereocenters. The number of aryl methyl sites for hydroxylation is 1. The third-order valence-electron chi connectivity index (χ3n) is 4.66. The average molecular weight is 300 g/mol. The summed E-state index contributed by atoms with van der Waals surface area (Å²) < 4.78 is 1.56. The maximum atomic E-state index is 11.0. The van der Waals surface area contributed by atoms with Gasteiger partial charge in [0, 0.05) is 18.5 Å². The minimum absolute atomic E-state index is 0.122. The molecule has 3 heterocycles. The maximum Gasteiger partial charge on any atom is 0.375 e. The molecule has 1 saturated heterocycles. The quantitative estimate of drug-likeness (QED) is 0.882. The summed E-state index contributed by atoms with van der Waals surface area (Å²) in [4.78, 5) is 17.4. The van der Waals surface area contributed by atoms with Crippen LogP contribution in [0, 0.1) is 12.3 Å². The van der Waals surface area contributed by atoms with Crippen LogP contribution >= 0.6 is 0 Å². The molecule has 0 spiro atoms. The van der Waals surface area contributed by atoms with Gasteiger partial charge in [0.05, 0.1) is 11.9 Å². The van der Waals surface area contributed by atoms with Gasteiger partial charge in [-0.1, -0.05) is 19.1 Å². The number of hydrogen-bond donors (Lipinski definition) is 1. The van der Waals surface area contributed by atoms with E-state index in [4.69, 9.17) is 5.11 Å². The minimum atomic E-state index is -1.11. The van der Waals surface area contributed by atoms with Gasteiger partial charge in [0.1, 0.15) is 0 Å². The van der Waals surface area contributed by atoms with Crippen molar-refractivity contribution in [1.29, 1.82) is 0 Å². The molecule has 1 aliphatic heterocycles. The van der Waals surface area contributed by atoms with Crippen LogP contribution in [0.1, 0.15) is 36.5 Å². The van der Waals surface area contributed by atoms with Crippen LogP contribution in [0.2, 0.25) is 0 Å². The zero-order valence-corrected chi connectivity index (χ0v) is 13.1. The number of carboxylic acids is 1. The number of anilines is 1. The summed E-state index contributed by atoms with van der Waals surface area (Å²) in [6, 6.07) is 2.04. The topological polar surface area (TPSA) is 70.7 Å². The number of fused-ring (bicyclic) bond motifs is 1. The highest BCUT2D eigenvalue weighted by molar-refractivity contribution is 5.84. The summed E-state index contributed by atoms with van der Waals surface area (Å²) in [6.07, 6.45) is 2.92. The van der Waals surface area contributed by atoms with Gasteiger partial charge in [-0.2, -0.15) is 0 Å². The molecule has 0 saturated carbocycles. The molecular formula is C16H20N4O2. The third-order valence-corrected chi connectivity index (χ3v) is 4.66. The molecule has 0 aromatic carbocycles. The van der Waals surface area contributed by atoms with Crippen LogP contribution < -0.4 is 4.90 Å². The van der Waals surface area contributed by atoms with Gasteiger partial charge < -0.3 is 10.0 Å². The number of nitrogens with zero attached hydrogens (tertiary/aromatic N) is 4. The second-order valence-corrected chi connectivity index (χ2v) is 6.40. The van der Waals surface area contributed by atoms with Crippen molar-refractivity contribution in [2.24, 2.45) is 5.41 Å². The van der Waals surface area contributed by atoms with Gasteiger partial charge in [0.2, 0.25) is 0 Å². The lowest BCUT2D eigenvalue weighted by atomic mass is 9.83. The van der Waals surface area contributed by atoms with Crippen molar-refractivity contribution in [2.75, 3.05) is 18.0 Å². The fraction of sp³-hybridized carbons (Fsp3) is 0.438. The van der Waals surface area contributed by atoms with E-state index in [0.717, 1.165) is 30.8 Å². The minimum Gasteiger partial charge on any atom is -0.475 e. The molecule has 1 aliphatic rings. The van der Waals surface area contributed by atoms with Crippen molar-refractivity contribution in [3.63, 3.8) is 0 Å². The Morgan fingerprint density at radius 3 is 2.82 bits per heavy atom. The molecule has 1 atom stereocenters. The van der Waals surface area contributed by atoms with E-state index in [-0.39, 0.29) is 11.2 Å². The molecule has 1 N–H and O–H groups in total. The fourth-order valence-electron chi connectivity index (χ4n) is 2.92. The van der Waals surface area contributed by atoms with Crippen molar-refractivity contribution in [2.45, 2.75) is 27.2 Å². The molecule has 22 heavy (non-hydrogen) atoms. The summed E-state index contributed by atoms with van der Waals surface area (Å²) in [6.45, 7) is 12.2. The number of aromatic nitrogens is 3. The molecule has 116 valence electrons. The van der Waals surface area contributed by atoms with E-state index in [9.17, 15) is 4.79 Å². The van der Waals surface area contributed by atoms with E-state index in [1.54, 1.807) is 4.52 Å². The van der Waals surface area contributed by atoms with Crippen LogP contribution in [0.4, 0.5) is 5.69 Å². The second-order valence-electron chi connectivity index (χ2n) is 6.40. The van der Waals surface area contributed by atoms with Crippen LogP contribution in [0.15, 0.2) is 24.4 Å². The zero-order chi connectivity index (χ0) is 16.1. The van der Waals surface area contributed by atoms with E-state index in [1.807, 2.05) is 19.2 Å². The standard InChI is InChI=1S/C16H20N4O2/c1-10(2)16(4)5-6-19(9-16)12-7-11(3)14-17-13(15(21)22)18-20(14)8-12/h7-8H,1,5-6,9H2,2-4H3,(H,21,22)/t16-/m0/s1. The first kappa shape index (κ1) is 14.6. The lowest BCUT2D eigenvalue weighted by molar-refractivity contribution is 0.0684. The SMILES string of the molecule is C=C(C)[C@@]1(C)CCN(c2cc(C)c3nc(C(=O)O)nn3c2)C1. The molecule has 0 bridgehead atoms. The molecule has 6 heteroatoms. The van der Waals surface area contributed by atoms with Crippen molar-refractivity contribution in [1.82, 2.24) is 14.6 Å². The predicted molar refractivity (Wildman–Crippen MR) is 84.4 cm³/mol. The maximum absolute atomic E-state index is 11.0. The monoisotopic (exact) mass is 300 g/mol. The molecule has 2 aromatic rings. The van der Waals surface area contributed by atoms with E-state index in [1.165, 1.54) is 5.57 Å². The molecule has 0 radical (unpaired) electrons. The van der Waals surface area contributed by atoms with Crippen molar-refractivity contribution >= 4 is 17.3 Å². The summed E-state index contributed by atoms with van der Waals surface area (Å²) in [7, 11) is 0. The Bertz CT molecular complexity index is 780. The van der Waals surface area contributed by atoms with Gasteiger partial charge in [0.25, 0.3) is 5.82 Å². The summed E-state index contributed by atoms with van der Waals surface area (Å²) in [5.74, 6) is -1.28. The number of pyridine rings is 1. The van der Waals surface area contributed by atoms with Crippen LogP contribution in [0.5, 0.6) is 0 Å². The Balaban J connectivity index is 1.99. The largest absolute Gasteiger partial charge is 0.475 e. The Morgan fingerprint density at radius 2 is 2.23 bits per heavy atom. The number of hydrogen-bond acceptors (Lipinski definition) is 4. The van der Waals surface area contributed by atoms with Gasteiger partial charge in [-0.3, -0.25) is 0 Å². The summed E-state index contributed by atoms with van der Waals surface area (Å²) >= 11 is 0. The summed E-state index contributed by atoms with van der Waals surface area (Å²) in [5.41, 5.74) is 3.86. The first-order valence-corrected chi connectivity index (χ1v) is 7.31. The van der Waals surface area contributed by atoms with E-state index >= 15 is 0 Å². The lowest BCUT2D eigenvalue weighted by Crippen LogP contribution is -2.25. The highest BCUT2D eigenvalue weighted by Crippen LogP contribution is 2.38. The summed E-state index contributed by atoms with van der Waals surface area (Å²) in [5, 5.41) is 13.1. The van der Waals surface area contributed by atoms with Crippen molar-refractivity contribution in [3.05, 3.63) is 35.8 Å². The van der Waals surface area contributed by atoms with Gasteiger partial charge >= 0.3 is 5.97 Å². The molecular weight excluding hydrogens is 280 g/mol. The van der Waals surface area contributed by atoms with Gasteiger partial charge in [0.15, 0.2) is 5.65 Å². The van der Waals surface area contributed by atoms with Gasteiger partial charge in [-0.05, 0) is 31.9 Å². The second kappa shape index (κ2) is 4.83. The Labute approximate surface area is 129 Å². The van der Waals surface area contributed by atoms with E-state index in [2.05, 4.69) is 35.4 Å². The molecule has 0 amide bonds. The van der Waals surface area contributed by atoms with Crippen LogP contribution in [0.3, 0.4) is 0 Å². The highest BCUT2D eigenvalue weighted by Gasteiger charge is 2.34. The number of carboxylic acid groups (broad SMARTS) is 1. The molecule has 6 nitrogen and oxygen atoms in total. The molecule has 1 fully saturated rings. The van der Waals surface area contributed by atoms with Crippen LogP contribution in [-0.4, -0.2) is 38.8 Å². The first-order chi connectivity index (χ1) is 10.3. The van der Waals surface area contributed by atoms with Crippen molar-refractivity contribution in [3.8, 4) is 0 Å². The Morgan fingerprint density at radius 1 is 1.50 bits per heavy atom. The van der Waals surface area contributed by atoms with Gasteiger partial charge in [-0.15, -0.1) is 5.10 Å². The Hall–Kier alpha value is -2.37. The normalized spacial score (nSPS) is 21.5. The fourth-order valence-corrected chi connectivity index (χ4v) is 2.92. The van der Waals surface area contributed by atoms with E-state index < -0.39 is 5.97 Å². The number of aromatic carboxylic acids is 1. The molecule has 0 aliphatic carbocycles. The Kier molecular flexibility index (Phi) is 3.20. The number of carbonyl (C=O) groups is 1. The van der Waals surface area contributed by atoms with Crippen LogP contribution in [-0.2, 0) is 0 Å². The first-order valence-electron chi connectivity index (χ1n) is 7.31. The molecule has 2 aromatic heterocycles. The smallest absolute Gasteiger partial charge is 0.375 e. The third kappa shape index (κ3) is 2.24. The zero-order valence-electron chi connectivity index (χ0n) is 13.1. The lowest BCUT2D eigenvalue weighted by Gasteiger charge is -2.26.